The number of carboxylic acids is 1. The Balaban J connectivity index is 0.000000448. The summed E-state index contributed by atoms with van der Waals surface area (Å²) in [6, 6.07) is 7.04. The van der Waals surface area contributed by atoms with Gasteiger partial charge in [0.1, 0.15) is 11.8 Å². The summed E-state index contributed by atoms with van der Waals surface area (Å²) in [7, 11) is 0. The van der Waals surface area contributed by atoms with Crippen molar-refractivity contribution in [3.8, 4) is 5.75 Å². The van der Waals surface area contributed by atoms with E-state index in [0.29, 0.717) is 37.5 Å². The van der Waals surface area contributed by atoms with Crippen LogP contribution in [0.25, 0.3) is 0 Å². The molecule has 4 aliphatic carbocycles. The summed E-state index contributed by atoms with van der Waals surface area (Å²) in [5.74, 6) is 1.05. The maximum Gasteiger partial charge on any atom is 0.490 e. The number of amides is 2. The lowest BCUT2D eigenvalue weighted by atomic mass is 9.54. The summed E-state index contributed by atoms with van der Waals surface area (Å²) in [4.78, 5) is 37.1. The number of aliphatic carboxylic acids is 1. The van der Waals surface area contributed by atoms with E-state index in [1.807, 2.05) is 31.2 Å². The number of carboxylic acid groups (broad SMARTS) is 1. The molecular formula is C28H38F3N3O5. The largest absolute Gasteiger partial charge is 0.494 e. The quantitative estimate of drug-likeness (QED) is 0.475. The van der Waals surface area contributed by atoms with Crippen LogP contribution in [0.5, 0.6) is 5.75 Å². The van der Waals surface area contributed by atoms with Gasteiger partial charge in [0.15, 0.2) is 0 Å². The topological polar surface area (TPSA) is 122 Å². The molecule has 0 aromatic heterocycles. The molecule has 11 heteroatoms. The molecule has 2 atom stereocenters. The van der Waals surface area contributed by atoms with E-state index in [1.54, 1.807) is 4.90 Å². The highest BCUT2D eigenvalue weighted by Crippen LogP contribution is 2.53. The molecule has 1 heterocycles. The zero-order valence-electron chi connectivity index (χ0n) is 22.2. The first-order valence-corrected chi connectivity index (χ1v) is 13.8. The highest BCUT2D eigenvalue weighted by molar-refractivity contribution is 5.90. The number of nitrogens with two attached hydrogens (primary N) is 1. The van der Waals surface area contributed by atoms with Crippen LogP contribution in [0.2, 0.25) is 0 Å². The third-order valence-corrected chi connectivity index (χ3v) is 8.62. The summed E-state index contributed by atoms with van der Waals surface area (Å²) in [6.07, 6.45) is 3.49. The first-order chi connectivity index (χ1) is 18.5. The first-order valence-electron chi connectivity index (χ1n) is 13.8. The summed E-state index contributed by atoms with van der Waals surface area (Å²) in [5, 5.41) is 10.5. The van der Waals surface area contributed by atoms with Crippen LogP contribution in [0.1, 0.15) is 57.4 Å². The van der Waals surface area contributed by atoms with Crippen LogP contribution in [0, 0.1) is 23.7 Å². The second-order valence-electron chi connectivity index (χ2n) is 11.3. The predicted octanol–water partition coefficient (Wildman–Crippen LogP) is 3.52. The molecule has 0 spiro atoms. The molecule has 6 rings (SSSR count). The minimum atomic E-state index is -5.08. The standard InChI is InChI=1S/C26H37N3O3.C2HF3O2/c1-2-32-21-7-5-16(6-8-21)15-22(27)26(31)29-9-3-4-23(29)25(30)28-24-19-11-17-10-18(13-19)14-20(24)12-17;3-2(4,5)1(6)7/h5-8,17-20,22-24H,2-4,9-15,27H2,1H3,(H,28,30);(H,6,7)/t17?,18?,19?,20?,22?,23-,24?;/m1./s1. The van der Waals surface area contributed by atoms with Crippen molar-refractivity contribution in [3.05, 3.63) is 29.8 Å². The lowest BCUT2D eigenvalue weighted by Crippen LogP contribution is -2.59. The number of benzene rings is 1. The number of ether oxygens (including phenoxy) is 1. The van der Waals surface area contributed by atoms with Crippen molar-refractivity contribution in [2.24, 2.45) is 29.4 Å². The van der Waals surface area contributed by atoms with Gasteiger partial charge in [0.05, 0.1) is 12.6 Å². The van der Waals surface area contributed by atoms with E-state index in [4.69, 9.17) is 20.4 Å². The Morgan fingerprint density at radius 3 is 2.15 bits per heavy atom. The maximum absolute atomic E-state index is 13.3. The molecule has 8 nitrogen and oxygen atoms in total. The van der Waals surface area contributed by atoms with E-state index in [2.05, 4.69) is 5.32 Å². The summed E-state index contributed by atoms with van der Waals surface area (Å²) < 4.78 is 37.2. The summed E-state index contributed by atoms with van der Waals surface area (Å²) in [6.45, 7) is 3.20. The number of rotatable bonds is 7. The van der Waals surface area contributed by atoms with Crippen molar-refractivity contribution in [1.29, 1.82) is 0 Å². The van der Waals surface area contributed by atoms with Crippen molar-refractivity contribution in [2.75, 3.05) is 13.2 Å². The Morgan fingerprint density at radius 2 is 1.64 bits per heavy atom. The lowest BCUT2D eigenvalue weighted by Gasteiger charge is -2.54. The van der Waals surface area contributed by atoms with Crippen LogP contribution in [-0.2, 0) is 20.8 Å². The van der Waals surface area contributed by atoms with Crippen LogP contribution in [0.15, 0.2) is 24.3 Å². The fourth-order valence-electron chi connectivity index (χ4n) is 7.17. The van der Waals surface area contributed by atoms with Gasteiger partial charge in [0, 0.05) is 12.6 Å². The molecule has 216 valence electrons. The number of alkyl halides is 3. The van der Waals surface area contributed by atoms with Gasteiger partial charge in [-0.1, -0.05) is 12.1 Å². The highest BCUT2D eigenvalue weighted by atomic mass is 19.4. The Morgan fingerprint density at radius 1 is 1.08 bits per heavy atom. The number of nitrogens with zero attached hydrogens (tertiary/aromatic N) is 1. The highest BCUT2D eigenvalue weighted by Gasteiger charge is 2.49. The number of nitrogens with one attached hydrogen (secondary N) is 1. The Labute approximate surface area is 226 Å². The van der Waals surface area contributed by atoms with E-state index < -0.39 is 18.2 Å². The number of halogens is 3. The smallest absolute Gasteiger partial charge is 0.490 e. The van der Waals surface area contributed by atoms with Gasteiger partial charge in [-0.05, 0) is 99.7 Å². The molecule has 1 saturated heterocycles. The van der Waals surface area contributed by atoms with Gasteiger partial charge >= 0.3 is 12.1 Å². The SMILES string of the molecule is CCOc1ccc(CC(N)C(=O)N2CCC[C@@H]2C(=O)NC2C3CC4CC(C3)CC2C4)cc1.O=C(O)C(F)(F)F. The molecule has 1 aliphatic heterocycles. The van der Waals surface area contributed by atoms with Crippen molar-refractivity contribution in [1.82, 2.24) is 10.2 Å². The first kappa shape index (κ1) is 29.2. The van der Waals surface area contributed by atoms with Gasteiger partial charge in [-0.2, -0.15) is 13.2 Å². The van der Waals surface area contributed by atoms with Crippen molar-refractivity contribution < 1.29 is 37.4 Å². The minimum absolute atomic E-state index is 0.0431. The molecule has 4 saturated carbocycles. The molecule has 2 amide bonds. The minimum Gasteiger partial charge on any atom is -0.494 e. The molecule has 1 aromatic rings. The zero-order valence-corrected chi connectivity index (χ0v) is 22.2. The Kier molecular flexibility index (Phi) is 9.08. The summed E-state index contributed by atoms with van der Waals surface area (Å²) >= 11 is 0. The molecule has 5 fully saturated rings. The third-order valence-electron chi connectivity index (χ3n) is 8.62. The molecule has 4 bridgehead atoms. The number of hydrogen-bond donors (Lipinski definition) is 3. The molecule has 4 N–H and O–H groups in total. The number of hydrogen-bond acceptors (Lipinski definition) is 5. The van der Waals surface area contributed by atoms with Crippen LogP contribution < -0.4 is 15.8 Å². The van der Waals surface area contributed by atoms with E-state index in [0.717, 1.165) is 36.0 Å². The fourth-order valence-corrected chi connectivity index (χ4v) is 7.17. The van der Waals surface area contributed by atoms with E-state index in [-0.39, 0.29) is 17.9 Å². The monoisotopic (exact) mass is 553 g/mol. The molecule has 5 aliphatic rings. The average molecular weight is 554 g/mol. The van der Waals surface area contributed by atoms with Crippen molar-refractivity contribution in [2.45, 2.75) is 82.6 Å². The summed E-state index contributed by atoms with van der Waals surface area (Å²) in [5.41, 5.74) is 7.32. The van der Waals surface area contributed by atoms with Gasteiger partial charge in [-0.15, -0.1) is 0 Å². The van der Waals surface area contributed by atoms with Gasteiger partial charge in [0.25, 0.3) is 0 Å². The third kappa shape index (κ3) is 7.04. The second-order valence-corrected chi connectivity index (χ2v) is 11.3. The van der Waals surface area contributed by atoms with Crippen LogP contribution >= 0.6 is 0 Å². The molecule has 39 heavy (non-hydrogen) atoms. The number of likely N-dealkylation sites (tertiary alicyclic amines) is 1. The number of carbonyl (C=O) groups excluding carboxylic acids is 2. The normalized spacial score (nSPS) is 29.8. The van der Waals surface area contributed by atoms with E-state index >= 15 is 0 Å². The predicted molar refractivity (Wildman–Crippen MR) is 137 cm³/mol. The Bertz CT molecular complexity index is 1000. The molecule has 1 aromatic carbocycles. The molecular weight excluding hydrogens is 515 g/mol. The van der Waals surface area contributed by atoms with Crippen LogP contribution in [-0.4, -0.2) is 65.2 Å². The zero-order chi connectivity index (χ0) is 28.3. The van der Waals surface area contributed by atoms with E-state index in [9.17, 15) is 22.8 Å². The van der Waals surface area contributed by atoms with Crippen LogP contribution in [0.4, 0.5) is 13.2 Å². The fraction of sp³-hybridized carbons (Fsp3) is 0.679. The second kappa shape index (κ2) is 12.1. The average Bonchev–Trinajstić information content (AvgIpc) is 3.36. The van der Waals surface area contributed by atoms with E-state index in [1.165, 1.54) is 32.1 Å². The Hall–Kier alpha value is -2.82. The van der Waals surface area contributed by atoms with Gasteiger partial charge in [0.2, 0.25) is 11.8 Å². The lowest BCUT2D eigenvalue weighted by molar-refractivity contribution is -0.192. The maximum atomic E-state index is 13.3. The van der Waals surface area contributed by atoms with Crippen molar-refractivity contribution >= 4 is 17.8 Å². The van der Waals surface area contributed by atoms with Gasteiger partial charge in [-0.3, -0.25) is 9.59 Å². The number of carbonyl (C=O) groups is 3. The van der Waals surface area contributed by atoms with Gasteiger partial charge in [-0.25, -0.2) is 4.79 Å². The molecule has 0 radical (unpaired) electrons. The van der Waals surface area contributed by atoms with Crippen LogP contribution in [0.3, 0.4) is 0 Å². The van der Waals surface area contributed by atoms with Crippen molar-refractivity contribution in [3.63, 3.8) is 0 Å². The molecule has 1 unspecified atom stereocenters. The van der Waals surface area contributed by atoms with Gasteiger partial charge < -0.3 is 25.8 Å².